The number of ether oxygens (including phenoxy) is 1. The summed E-state index contributed by atoms with van der Waals surface area (Å²) in [6.45, 7) is 1.44. The zero-order valence-corrected chi connectivity index (χ0v) is 14.7. The Morgan fingerprint density at radius 1 is 1.21 bits per heavy atom. The van der Waals surface area contributed by atoms with Crippen molar-refractivity contribution in [1.29, 1.82) is 0 Å². The molecular weight excluding hydrogens is 330 g/mol. The minimum absolute atomic E-state index is 0. The number of nitrogens with one attached hydrogen (secondary N) is 2. The van der Waals surface area contributed by atoms with Crippen molar-refractivity contribution >= 4 is 35.6 Å². The van der Waals surface area contributed by atoms with Crippen LogP contribution in [0.25, 0.3) is 0 Å². The van der Waals surface area contributed by atoms with Crippen molar-refractivity contribution in [3.05, 3.63) is 18.2 Å². The summed E-state index contributed by atoms with van der Waals surface area (Å²) in [4.78, 5) is 23.8. The van der Waals surface area contributed by atoms with Gasteiger partial charge in [0.2, 0.25) is 11.8 Å². The molecule has 0 spiro atoms. The molecule has 2 amide bonds. The molecule has 2 bridgehead atoms. The Balaban J connectivity index is 0.00000208. The highest BCUT2D eigenvalue weighted by molar-refractivity contribution is 5.95. The first kappa shape index (κ1) is 18.5. The van der Waals surface area contributed by atoms with Gasteiger partial charge in [-0.25, -0.2) is 0 Å². The number of hydrogen-bond acceptors (Lipinski definition) is 4. The van der Waals surface area contributed by atoms with Gasteiger partial charge in [0, 0.05) is 24.7 Å². The normalized spacial score (nSPS) is 27.3. The fourth-order valence-electron chi connectivity index (χ4n) is 4.01. The Morgan fingerprint density at radius 2 is 1.92 bits per heavy atom. The van der Waals surface area contributed by atoms with E-state index in [1.165, 1.54) is 14.0 Å². The van der Waals surface area contributed by atoms with Crippen LogP contribution < -0.4 is 21.1 Å². The van der Waals surface area contributed by atoms with Crippen molar-refractivity contribution in [1.82, 2.24) is 0 Å². The Bertz CT molecular complexity index is 636. The van der Waals surface area contributed by atoms with Crippen LogP contribution in [0.2, 0.25) is 0 Å². The standard InChI is InChI=1S/C17H23N3O3.ClH/c1-9(21)19-13-6-5-12(8-14(13)23-2)20-17(22)15-10-3-4-11(7-10)16(15)18;/h5-6,8,10-11,15-16H,3-4,7,18H2,1-2H3,(H,19,21)(H,20,22);1H. The van der Waals surface area contributed by atoms with E-state index >= 15 is 0 Å². The van der Waals surface area contributed by atoms with Crippen LogP contribution in [0.4, 0.5) is 11.4 Å². The van der Waals surface area contributed by atoms with Crippen LogP contribution >= 0.6 is 12.4 Å². The van der Waals surface area contributed by atoms with Crippen LogP contribution in [0.5, 0.6) is 5.75 Å². The van der Waals surface area contributed by atoms with Gasteiger partial charge in [-0.05, 0) is 43.2 Å². The second kappa shape index (κ2) is 7.40. The van der Waals surface area contributed by atoms with Crippen LogP contribution in [0.3, 0.4) is 0 Å². The first-order chi connectivity index (χ1) is 11.0. The maximum absolute atomic E-state index is 12.6. The van der Waals surface area contributed by atoms with Crippen LogP contribution in [0.15, 0.2) is 18.2 Å². The van der Waals surface area contributed by atoms with Crippen molar-refractivity contribution < 1.29 is 14.3 Å². The first-order valence-electron chi connectivity index (χ1n) is 8.01. The summed E-state index contributed by atoms with van der Waals surface area (Å²) < 4.78 is 5.27. The lowest BCUT2D eigenvalue weighted by Gasteiger charge is -2.27. The predicted octanol–water partition coefficient (Wildman–Crippen LogP) is 2.39. The molecule has 2 aliphatic carbocycles. The molecule has 0 heterocycles. The molecule has 7 heteroatoms. The highest BCUT2D eigenvalue weighted by Gasteiger charge is 2.49. The average molecular weight is 354 g/mol. The molecule has 0 aromatic heterocycles. The van der Waals surface area contributed by atoms with E-state index < -0.39 is 0 Å². The van der Waals surface area contributed by atoms with Gasteiger partial charge >= 0.3 is 0 Å². The Morgan fingerprint density at radius 3 is 2.50 bits per heavy atom. The van der Waals surface area contributed by atoms with E-state index in [2.05, 4.69) is 10.6 Å². The molecule has 132 valence electrons. The van der Waals surface area contributed by atoms with Gasteiger partial charge in [0.1, 0.15) is 5.75 Å². The SMILES string of the molecule is COc1cc(NC(=O)C2C3CCC(C3)C2N)ccc1NC(C)=O.Cl. The molecule has 1 aromatic carbocycles. The molecule has 0 radical (unpaired) electrons. The molecule has 2 fully saturated rings. The fraction of sp³-hybridized carbons (Fsp3) is 0.529. The van der Waals surface area contributed by atoms with E-state index in [9.17, 15) is 9.59 Å². The summed E-state index contributed by atoms with van der Waals surface area (Å²) in [5.41, 5.74) is 7.45. The highest BCUT2D eigenvalue weighted by atomic mass is 35.5. The zero-order valence-electron chi connectivity index (χ0n) is 13.9. The number of methoxy groups -OCH3 is 1. The number of anilines is 2. The smallest absolute Gasteiger partial charge is 0.229 e. The zero-order chi connectivity index (χ0) is 16.6. The minimum Gasteiger partial charge on any atom is -0.494 e. The third-order valence-corrected chi connectivity index (χ3v) is 5.06. The number of halogens is 1. The minimum atomic E-state index is -0.173. The largest absolute Gasteiger partial charge is 0.494 e. The summed E-state index contributed by atoms with van der Waals surface area (Å²) in [6, 6.07) is 5.15. The lowest BCUT2D eigenvalue weighted by atomic mass is 9.84. The van der Waals surface area contributed by atoms with Gasteiger partial charge in [-0.15, -0.1) is 12.4 Å². The van der Waals surface area contributed by atoms with E-state index in [-0.39, 0.29) is 36.2 Å². The fourth-order valence-corrected chi connectivity index (χ4v) is 4.01. The van der Waals surface area contributed by atoms with Gasteiger partial charge in [0.05, 0.1) is 18.7 Å². The molecule has 0 aliphatic heterocycles. The molecule has 4 N–H and O–H groups in total. The molecule has 6 nitrogen and oxygen atoms in total. The monoisotopic (exact) mass is 353 g/mol. The number of nitrogens with two attached hydrogens (primary N) is 1. The molecule has 3 rings (SSSR count). The van der Waals surface area contributed by atoms with Crippen LogP contribution in [0.1, 0.15) is 26.2 Å². The number of hydrogen-bond donors (Lipinski definition) is 3. The lowest BCUT2D eigenvalue weighted by Crippen LogP contribution is -2.42. The van der Waals surface area contributed by atoms with Gasteiger partial charge in [0.25, 0.3) is 0 Å². The second-order valence-corrected chi connectivity index (χ2v) is 6.52. The summed E-state index contributed by atoms with van der Waals surface area (Å²) in [5, 5.41) is 5.64. The summed E-state index contributed by atoms with van der Waals surface area (Å²) in [5.74, 6) is 1.13. The molecule has 24 heavy (non-hydrogen) atoms. The van der Waals surface area contributed by atoms with Crippen LogP contribution in [-0.4, -0.2) is 25.0 Å². The highest BCUT2D eigenvalue weighted by Crippen LogP contribution is 2.48. The van der Waals surface area contributed by atoms with E-state index in [0.29, 0.717) is 29.0 Å². The number of amides is 2. The third kappa shape index (κ3) is 3.49. The molecule has 4 unspecified atom stereocenters. The second-order valence-electron chi connectivity index (χ2n) is 6.52. The van der Waals surface area contributed by atoms with Crippen LogP contribution in [0, 0.1) is 17.8 Å². The van der Waals surface area contributed by atoms with Crippen molar-refractivity contribution in [3.63, 3.8) is 0 Å². The summed E-state index contributed by atoms with van der Waals surface area (Å²) in [6.07, 6.45) is 3.32. The topological polar surface area (TPSA) is 93.4 Å². The van der Waals surface area contributed by atoms with E-state index in [0.717, 1.165) is 19.3 Å². The number of carbonyl (C=O) groups is 2. The quantitative estimate of drug-likeness (QED) is 0.774. The Kier molecular flexibility index (Phi) is 5.72. The molecule has 2 aliphatic rings. The van der Waals surface area contributed by atoms with Gasteiger partial charge in [-0.2, -0.15) is 0 Å². The summed E-state index contributed by atoms with van der Waals surface area (Å²) in [7, 11) is 1.53. The predicted molar refractivity (Wildman–Crippen MR) is 95.5 cm³/mol. The Labute approximate surface area is 147 Å². The van der Waals surface area contributed by atoms with Crippen molar-refractivity contribution in [2.24, 2.45) is 23.5 Å². The molecule has 1 aromatic rings. The number of carbonyl (C=O) groups excluding carboxylic acids is 2. The van der Waals surface area contributed by atoms with E-state index in [1.54, 1.807) is 18.2 Å². The van der Waals surface area contributed by atoms with Crippen LogP contribution in [-0.2, 0) is 9.59 Å². The van der Waals surface area contributed by atoms with Gasteiger partial charge in [0.15, 0.2) is 0 Å². The van der Waals surface area contributed by atoms with Gasteiger partial charge < -0.3 is 21.1 Å². The van der Waals surface area contributed by atoms with Crippen molar-refractivity contribution in [2.75, 3.05) is 17.7 Å². The third-order valence-electron chi connectivity index (χ3n) is 5.06. The number of rotatable bonds is 4. The average Bonchev–Trinajstić information content (AvgIpc) is 3.09. The Hall–Kier alpha value is -1.79. The molecule has 2 saturated carbocycles. The molecular formula is C17H24ClN3O3. The summed E-state index contributed by atoms with van der Waals surface area (Å²) >= 11 is 0. The maximum atomic E-state index is 12.6. The lowest BCUT2D eigenvalue weighted by molar-refractivity contribution is -0.121. The van der Waals surface area contributed by atoms with Gasteiger partial charge in [-0.3, -0.25) is 9.59 Å². The maximum Gasteiger partial charge on any atom is 0.229 e. The molecule has 0 saturated heterocycles. The number of fused-ring (bicyclic) bond motifs is 2. The van der Waals surface area contributed by atoms with Crippen molar-refractivity contribution in [3.8, 4) is 5.75 Å². The van der Waals surface area contributed by atoms with E-state index in [1.807, 2.05) is 0 Å². The van der Waals surface area contributed by atoms with E-state index in [4.69, 9.17) is 10.5 Å². The number of benzene rings is 1. The first-order valence-corrected chi connectivity index (χ1v) is 8.01. The molecule has 4 atom stereocenters. The van der Waals surface area contributed by atoms with Gasteiger partial charge in [-0.1, -0.05) is 0 Å². The van der Waals surface area contributed by atoms with Crippen molar-refractivity contribution in [2.45, 2.75) is 32.2 Å².